The molecule has 0 spiro atoms. The topological polar surface area (TPSA) is 78.1 Å². The van der Waals surface area contributed by atoms with E-state index in [4.69, 9.17) is 5.73 Å². The molecule has 0 fully saturated rings. The van der Waals surface area contributed by atoms with Gasteiger partial charge in [0.25, 0.3) is 0 Å². The van der Waals surface area contributed by atoms with E-state index in [0.29, 0.717) is 11.4 Å². The Morgan fingerprint density at radius 3 is 2.78 bits per heavy atom. The molecule has 2 rings (SSSR count). The number of hydrogen-bond donors (Lipinski definition) is 1. The molecule has 18 heavy (non-hydrogen) atoms. The predicted molar refractivity (Wildman–Crippen MR) is 68.0 cm³/mol. The van der Waals surface area contributed by atoms with E-state index >= 15 is 0 Å². The first-order valence-electron chi connectivity index (χ1n) is 5.38. The normalized spacial score (nSPS) is 10.1. The summed E-state index contributed by atoms with van der Waals surface area (Å²) in [6.07, 6.45) is 3.44. The van der Waals surface area contributed by atoms with Crippen LogP contribution in [-0.4, -0.2) is 23.0 Å². The molecule has 0 aliphatic rings. The molecule has 0 amide bonds. The van der Waals surface area contributed by atoms with Crippen molar-refractivity contribution in [3.05, 3.63) is 41.9 Å². The lowest BCUT2D eigenvalue weighted by molar-refractivity contribution is 0.0595. The van der Waals surface area contributed by atoms with Crippen LogP contribution in [0.15, 0.2) is 30.6 Å². The van der Waals surface area contributed by atoms with Gasteiger partial charge in [0.2, 0.25) is 0 Å². The van der Waals surface area contributed by atoms with Gasteiger partial charge in [-0.3, -0.25) is 4.98 Å². The van der Waals surface area contributed by atoms with Crippen molar-refractivity contribution in [3.63, 3.8) is 0 Å². The molecule has 0 saturated heterocycles. The number of carbonyl (C=O) groups excluding carboxylic acids is 1. The van der Waals surface area contributed by atoms with Crippen molar-refractivity contribution < 1.29 is 9.53 Å². The summed E-state index contributed by atoms with van der Waals surface area (Å²) in [5, 5.41) is 0. The number of nitrogens with two attached hydrogens (primary N) is 1. The van der Waals surface area contributed by atoms with Crippen molar-refractivity contribution in [3.8, 4) is 11.3 Å². The average molecular weight is 243 g/mol. The van der Waals surface area contributed by atoms with Gasteiger partial charge in [0.05, 0.1) is 18.5 Å². The van der Waals surface area contributed by atoms with E-state index in [1.165, 1.54) is 7.11 Å². The Morgan fingerprint density at radius 2 is 2.11 bits per heavy atom. The van der Waals surface area contributed by atoms with Crippen molar-refractivity contribution >= 4 is 11.7 Å². The van der Waals surface area contributed by atoms with Gasteiger partial charge in [-0.05, 0) is 30.7 Å². The fourth-order valence-corrected chi connectivity index (χ4v) is 1.59. The molecular formula is C13H13N3O2. The van der Waals surface area contributed by atoms with Crippen molar-refractivity contribution in [2.24, 2.45) is 0 Å². The molecule has 2 aromatic rings. The quantitative estimate of drug-likeness (QED) is 0.814. The first-order chi connectivity index (χ1) is 8.61. The number of ether oxygens (including phenoxy) is 1. The number of rotatable bonds is 2. The van der Waals surface area contributed by atoms with E-state index in [9.17, 15) is 4.79 Å². The Kier molecular flexibility index (Phi) is 3.23. The van der Waals surface area contributed by atoms with Crippen LogP contribution in [0.2, 0.25) is 0 Å². The van der Waals surface area contributed by atoms with E-state index in [0.717, 1.165) is 11.1 Å². The second-order valence-electron chi connectivity index (χ2n) is 3.88. The molecule has 5 nitrogen and oxygen atoms in total. The van der Waals surface area contributed by atoms with Crippen LogP contribution in [0.3, 0.4) is 0 Å². The maximum Gasteiger partial charge on any atom is 0.358 e. The van der Waals surface area contributed by atoms with Gasteiger partial charge in [-0.2, -0.15) is 0 Å². The number of aromatic nitrogens is 2. The van der Waals surface area contributed by atoms with Crippen LogP contribution in [0.5, 0.6) is 0 Å². The molecule has 0 aromatic carbocycles. The molecule has 92 valence electrons. The Morgan fingerprint density at radius 1 is 1.33 bits per heavy atom. The molecule has 2 heterocycles. The van der Waals surface area contributed by atoms with Crippen LogP contribution in [0, 0.1) is 6.92 Å². The number of pyridine rings is 2. The summed E-state index contributed by atoms with van der Waals surface area (Å²) >= 11 is 0. The molecule has 2 N–H and O–H groups in total. The molecule has 0 saturated carbocycles. The van der Waals surface area contributed by atoms with Gasteiger partial charge >= 0.3 is 5.97 Å². The number of carbonyl (C=O) groups is 1. The average Bonchev–Trinajstić information content (AvgIpc) is 2.38. The third-order valence-electron chi connectivity index (χ3n) is 2.48. The fraction of sp³-hybridized carbons (Fsp3) is 0.154. The predicted octanol–water partition coefficient (Wildman–Crippen LogP) is 1.82. The van der Waals surface area contributed by atoms with E-state index in [-0.39, 0.29) is 5.69 Å². The highest BCUT2D eigenvalue weighted by molar-refractivity contribution is 5.93. The first kappa shape index (κ1) is 12.0. The molecule has 0 radical (unpaired) electrons. The SMILES string of the molecule is COC(=O)c1nc(-c2cncc(C)c2)ccc1N. The molecule has 0 atom stereocenters. The number of methoxy groups -OCH3 is 1. The number of esters is 1. The summed E-state index contributed by atoms with van der Waals surface area (Å²) < 4.78 is 4.63. The maximum atomic E-state index is 11.5. The monoisotopic (exact) mass is 243 g/mol. The number of anilines is 1. The van der Waals surface area contributed by atoms with Gasteiger partial charge in [-0.25, -0.2) is 9.78 Å². The summed E-state index contributed by atoms with van der Waals surface area (Å²) in [5.41, 5.74) is 8.61. The van der Waals surface area contributed by atoms with Crippen LogP contribution < -0.4 is 5.73 Å². The minimum absolute atomic E-state index is 0.122. The van der Waals surface area contributed by atoms with Gasteiger partial charge < -0.3 is 10.5 Å². The van der Waals surface area contributed by atoms with E-state index in [2.05, 4.69) is 14.7 Å². The fourth-order valence-electron chi connectivity index (χ4n) is 1.59. The second-order valence-corrected chi connectivity index (χ2v) is 3.88. The van der Waals surface area contributed by atoms with Crippen LogP contribution in [0.25, 0.3) is 11.3 Å². The van der Waals surface area contributed by atoms with Gasteiger partial charge in [0, 0.05) is 18.0 Å². The summed E-state index contributed by atoms with van der Waals surface area (Å²) in [6.45, 7) is 1.94. The lowest BCUT2D eigenvalue weighted by Gasteiger charge is -2.06. The second kappa shape index (κ2) is 4.83. The van der Waals surface area contributed by atoms with E-state index in [1.807, 2.05) is 13.0 Å². The van der Waals surface area contributed by atoms with Crippen LogP contribution >= 0.6 is 0 Å². The number of aryl methyl sites for hydroxylation is 1. The molecule has 0 bridgehead atoms. The van der Waals surface area contributed by atoms with Crippen molar-refractivity contribution in [1.82, 2.24) is 9.97 Å². The summed E-state index contributed by atoms with van der Waals surface area (Å²) in [6, 6.07) is 5.32. The van der Waals surface area contributed by atoms with Gasteiger partial charge in [0.15, 0.2) is 5.69 Å². The molecule has 0 aliphatic heterocycles. The maximum absolute atomic E-state index is 11.5. The lowest BCUT2D eigenvalue weighted by atomic mass is 10.1. The summed E-state index contributed by atoms with van der Waals surface area (Å²) in [5.74, 6) is -0.546. The smallest absolute Gasteiger partial charge is 0.358 e. The van der Waals surface area contributed by atoms with Gasteiger partial charge in [-0.1, -0.05) is 0 Å². The van der Waals surface area contributed by atoms with Crippen molar-refractivity contribution in [2.75, 3.05) is 12.8 Å². The number of nitrogen functional groups attached to an aromatic ring is 1. The zero-order valence-corrected chi connectivity index (χ0v) is 10.2. The van der Waals surface area contributed by atoms with E-state index < -0.39 is 5.97 Å². The van der Waals surface area contributed by atoms with Crippen molar-refractivity contribution in [2.45, 2.75) is 6.92 Å². The Bertz CT molecular complexity index is 597. The largest absolute Gasteiger partial charge is 0.464 e. The van der Waals surface area contributed by atoms with E-state index in [1.54, 1.807) is 24.5 Å². The van der Waals surface area contributed by atoms with Crippen LogP contribution in [0.1, 0.15) is 16.1 Å². The number of hydrogen-bond acceptors (Lipinski definition) is 5. The Balaban J connectivity index is 2.50. The van der Waals surface area contributed by atoms with Gasteiger partial charge in [0.1, 0.15) is 0 Å². The van der Waals surface area contributed by atoms with Crippen molar-refractivity contribution in [1.29, 1.82) is 0 Å². The first-order valence-corrected chi connectivity index (χ1v) is 5.38. The Labute approximate surface area is 105 Å². The minimum Gasteiger partial charge on any atom is -0.464 e. The molecule has 0 aliphatic carbocycles. The third kappa shape index (κ3) is 2.29. The number of nitrogens with zero attached hydrogens (tertiary/aromatic N) is 2. The lowest BCUT2D eigenvalue weighted by Crippen LogP contribution is -2.08. The Hall–Kier alpha value is -2.43. The molecule has 5 heteroatoms. The van der Waals surface area contributed by atoms with Crippen LogP contribution in [-0.2, 0) is 4.74 Å². The zero-order valence-electron chi connectivity index (χ0n) is 10.2. The minimum atomic E-state index is -0.546. The highest BCUT2D eigenvalue weighted by Crippen LogP contribution is 2.20. The highest BCUT2D eigenvalue weighted by Gasteiger charge is 2.13. The standard InChI is InChI=1S/C13H13N3O2/c1-8-5-9(7-15-6-8)11-4-3-10(14)12(16-11)13(17)18-2/h3-7H,14H2,1-2H3. The highest BCUT2D eigenvalue weighted by atomic mass is 16.5. The summed E-state index contributed by atoms with van der Waals surface area (Å²) in [7, 11) is 1.30. The van der Waals surface area contributed by atoms with Gasteiger partial charge in [-0.15, -0.1) is 0 Å². The summed E-state index contributed by atoms with van der Waals surface area (Å²) in [4.78, 5) is 19.8. The van der Waals surface area contributed by atoms with Crippen LogP contribution in [0.4, 0.5) is 5.69 Å². The zero-order chi connectivity index (χ0) is 13.1. The molecule has 0 unspecified atom stereocenters. The molecule has 2 aromatic heterocycles. The molecular weight excluding hydrogens is 230 g/mol. The third-order valence-corrected chi connectivity index (χ3v) is 2.48.